The monoisotopic (exact) mass is 375 g/mol. The lowest BCUT2D eigenvalue weighted by Gasteiger charge is -2.31. The molecule has 9 heteroatoms. The number of imide groups is 1. The fraction of sp³-hybridized carbons (Fsp3) is 0.333. The Kier molecular flexibility index (Phi) is 5.41. The fourth-order valence-electron chi connectivity index (χ4n) is 3.28. The summed E-state index contributed by atoms with van der Waals surface area (Å²) in [6.07, 6.45) is 2.91. The highest BCUT2D eigenvalue weighted by atomic mass is 19.3. The Morgan fingerprint density at radius 1 is 1.11 bits per heavy atom. The Labute approximate surface area is 154 Å². The van der Waals surface area contributed by atoms with Gasteiger partial charge in [-0.1, -0.05) is 43.2 Å². The zero-order valence-corrected chi connectivity index (χ0v) is 14.4. The van der Waals surface area contributed by atoms with Crippen LogP contribution in [0.5, 0.6) is 0 Å². The van der Waals surface area contributed by atoms with Crippen molar-refractivity contribution in [2.24, 2.45) is 5.84 Å². The second-order valence-electron chi connectivity index (χ2n) is 6.39. The van der Waals surface area contributed by atoms with Gasteiger partial charge in [0, 0.05) is 12.4 Å². The SMILES string of the molecule is NN(C(=O)c1cnc(NC2(c3ccccc3)CCCC2)nc1)C(=O)C(F)F. The molecule has 142 valence electrons. The first-order chi connectivity index (χ1) is 12.9. The number of nitrogens with two attached hydrogens (primary N) is 1. The van der Waals surface area contributed by atoms with E-state index in [4.69, 9.17) is 5.84 Å². The molecule has 0 saturated heterocycles. The molecule has 1 aromatic carbocycles. The third-order valence-corrected chi connectivity index (χ3v) is 4.68. The summed E-state index contributed by atoms with van der Waals surface area (Å²) in [4.78, 5) is 31.3. The second kappa shape index (κ2) is 7.75. The lowest BCUT2D eigenvalue weighted by Crippen LogP contribution is -2.45. The summed E-state index contributed by atoms with van der Waals surface area (Å²) in [5.41, 5.74) is 0.678. The zero-order valence-electron chi connectivity index (χ0n) is 14.4. The van der Waals surface area contributed by atoms with Gasteiger partial charge < -0.3 is 5.32 Å². The number of hydrazine groups is 1. The minimum atomic E-state index is -3.37. The molecule has 2 amide bonds. The molecule has 0 bridgehead atoms. The van der Waals surface area contributed by atoms with Crippen molar-refractivity contribution in [1.82, 2.24) is 15.0 Å². The lowest BCUT2D eigenvalue weighted by atomic mass is 9.88. The number of hydrogen-bond acceptors (Lipinski definition) is 6. The van der Waals surface area contributed by atoms with Gasteiger partial charge in [0.05, 0.1) is 11.1 Å². The summed E-state index contributed by atoms with van der Waals surface area (Å²) in [7, 11) is 0. The van der Waals surface area contributed by atoms with Gasteiger partial charge in [0.1, 0.15) is 0 Å². The predicted molar refractivity (Wildman–Crippen MR) is 93.6 cm³/mol. The largest absolute Gasteiger partial charge is 0.345 e. The number of amides is 2. The Morgan fingerprint density at radius 3 is 2.26 bits per heavy atom. The fourth-order valence-corrected chi connectivity index (χ4v) is 3.28. The number of rotatable bonds is 5. The van der Waals surface area contributed by atoms with Crippen LogP contribution in [0.3, 0.4) is 0 Å². The van der Waals surface area contributed by atoms with Gasteiger partial charge in [-0.2, -0.15) is 8.78 Å². The van der Waals surface area contributed by atoms with E-state index in [2.05, 4.69) is 15.3 Å². The Morgan fingerprint density at radius 2 is 1.70 bits per heavy atom. The quantitative estimate of drug-likeness (QED) is 0.473. The van der Waals surface area contributed by atoms with Crippen LogP contribution in [0.4, 0.5) is 14.7 Å². The number of alkyl halides is 2. The molecule has 3 rings (SSSR count). The molecule has 0 atom stereocenters. The van der Waals surface area contributed by atoms with E-state index in [1.807, 2.05) is 30.3 Å². The first-order valence-electron chi connectivity index (χ1n) is 8.50. The van der Waals surface area contributed by atoms with Crippen molar-refractivity contribution in [3.63, 3.8) is 0 Å². The summed E-state index contributed by atoms with van der Waals surface area (Å²) in [5.74, 6) is 2.58. The number of aromatic nitrogens is 2. The van der Waals surface area contributed by atoms with Gasteiger partial charge in [-0.3, -0.25) is 9.59 Å². The topological polar surface area (TPSA) is 101 Å². The Hall–Kier alpha value is -2.94. The summed E-state index contributed by atoms with van der Waals surface area (Å²) in [6.45, 7) is 0. The molecule has 27 heavy (non-hydrogen) atoms. The first-order valence-corrected chi connectivity index (χ1v) is 8.50. The van der Waals surface area contributed by atoms with E-state index in [0.29, 0.717) is 5.95 Å². The van der Waals surface area contributed by atoms with Crippen molar-refractivity contribution < 1.29 is 18.4 Å². The molecule has 3 N–H and O–H groups in total. The maximum absolute atomic E-state index is 12.4. The summed E-state index contributed by atoms with van der Waals surface area (Å²) in [6, 6.07) is 9.96. The van der Waals surface area contributed by atoms with E-state index in [0.717, 1.165) is 43.6 Å². The third-order valence-electron chi connectivity index (χ3n) is 4.68. The van der Waals surface area contributed by atoms with E-state index in [1.165, 1.54) is 0 Å². The van der Waals surface area contributed by atoms with Crippen LogP contribution < -0.4 is 11.2 Å². The summed E-state index contributed by atoms with van der Waals surface area (Å²) in [5, 5.41) is 3.22. The van der Waals surface area contributed by atoms with E-state index >= 15 is 0 Å². The molecular weight excluding hydrogens is 356 g/mol. The maximum atomic E-state index is 12.4. The third kappa shape index (κ3) is 3.92. The van der Waals surface area contributed by atoms with Gasteiger partial charge in [-0.05, 0) is 18.4 Å². The van der Waals surface area contributed by atoms with E-state index < -0.39 is 18.2 Å². The molecule has 1 aromatic heterocycles. The van der Waals surface area contributed by atoms with Crippen molar-refractivity contribution in [1.29, 1.82) is 0 Å². The van der Waals surface area contributed by atoms with Crippen LogP contribution in [0, 0.1) is 0 Å². The number of halogens is 2. The number of hydrogen-bond donors (Lipinski definition) is 2. The van der Waals surface area contributed by atoms with Gasteiger partial charge >= 0.3 is 12.3 Å². The number of carbonyl (C=O) groups excluding carboxylic acids is 2. The normalized spacial score (nSPS) is 15.6. The number of nitrogens with one attached hydrogen (secondary N) is 1. The van der Waals surface area contributed by atoms with Crippen LogP contribution in [0.15, 0.2) is 42.7 Å². The highest BCUT2D eigenvalue weighted by Crippen LogP contribution is 2.40. The average Bonchev–Trinajstić information content (AvgIpc) is 3.17. The van der Waals surface area contributed by atoms with Crippen molar-refractivity contribution >= 4 is 17.8 Å². The minimum Gasteiger partial charge on any atom is -0.345 e. The van der Waals surface area contributed by atoms with Gasteiger partial charge in [-0.25, -0.2) is 20.8 Å². The van der Waals surface area contributed by atoms with Gasteiger partial charge in [0.15, 0.2) is 0 Å². The Bertz CT molecular complexity index is 808. The molecule has 1 aliphatic carbocycles. The lowest BCUT2D eigenvalue weighted by molar-refractivity contribution is -0.140. The van der Waals surface area contributed by atoms with Crippen molar-refractivity contribution in [3.05, 3.63) is 53.9 Å². The first kappa shape index (κ1) is 18.8. The summed E-state index contributed by atoms with van der Waals surface area (Å²) < 4.78 is 24.8. The number of benzene rings is 1. The molecular formula is C18H19F2N5O2. The molecule has 1 saturated carbocycles. The van der Waals surface area contributed by atoms with E-state index in [9.17, 15) is 18.4 Å². The van der Waals surface area contributed by atoms with Crippen LogP contribution in [0.1, 0.15) is 41.6 Å². The zero-order chi connectivity index (χ0) is 19.4. The predicted octanol–water partition coefficient (Wildman–Crippen LogP) is 2.47. The number of anilines is 1. The molecule has 1 fully saturated rings. The van der Waals surface area contributed by atoms with Gasteiger partial charge in [0.2, 0.25) is 5.95 Å². The van der Waals surface area contributed by atoms with Crippen LogP contribution in [-0.4, -0.2) is 33.2 Å². The van der Waals surface area contributed by atoms with Crippen LogP contribution in [0.2, 0.25) is 0 Å². The van der Waals surface area contributed by atoms with E-state index in [1.54, 1.807) is 0 Å². The van der Waals surface area contributed by atoms with Crippen molar-refractivity contribution in [2.45, 2.75) is 37.6 Å². The molecule has 1 heterocycles. The number of carbonyl (C=O) groups is 2. The molecule has 1 aliphatic rings. The average molecular weight is 375 g/mol. The smallest absolute Gasteiger partial charge is 0.317 e. The van der Waals surface area contributed by atoms with E-state index in [-0.39, 0.29) is 16.1 Å². The van der Waals surface area contributed by atoms with Gasteiger partial charge in [-0.15, -0.1) is 0 Å². The van der Waals surface area contributed by atoms with Crippen LogP contribution >= 0.6 is 0 Å². The van der Waals surface area contributed by atoms with Crippen LogP contribution in [0.25, 0.3) is 0 Å². The maximum Gasteiger partial charge on any atom is 0.317 e. The number of nitrogens with zero attached hydrogens (tertiary/aromatic N) is 3. The molecule has 7 nitrogen and oxygen atoms in total. The minimum absolute atomic E-state index is 0.126. The molecule has 0 unspecified atom stereocenters. The molecule has 2 aromatic rings. The highest BCUT2D eigenvalue weighted by molar-refractivity contribution is 6.04. The molecule has 0 radical (unpaired) electrons. The highest BCUT2D eigenvalue weighted by Gasteiger charge is 2.36. The summed E-state index contributed by atoms with van der Waals surface area (Å²) >= 11 is 0. The molecule has 0 aliphatic heterocycles. The van der Waals surface area contributed by atoms with Crippen LogP contribution in [-0.2, 0) is 10.3 Å². The second-order valence-corrected chi connectivity index (χ2v) is 6.39. The van der Waals surface area contributed by atoms with Gasteiger partial charge in [0.25, 0.3) is 5.91 Å². The van der Waals surface area contributed by atoms with Crippen molar-refractivity contribution in [3.8, 4) is 0 Å². The standard InChI is InChI=1S/C18H19F2N5O2/c19-14(20)16(27)25(21)15(26)12-10-22-17(23-11-12)24-18(8-4-5-9-18)13-6-2-1-3-7-13/h1-3,6-7,10-11,14H,4-5,8-9,21H2,(H,22,23,24). The molecule has 0 spiro atoms. The Balaban J connectivity index is 1.77. The van der Waals surface area contributed by atoms with Crippen molar-refractivity contribution in [2.75, 3.05) is 5.32 Å².